The predicted octanol–water partition coefficient (Wildman–Crippen LogP) is 4.36. The second kappa shape index (κ2) is 6.58. The first kappa shape index (κ1) is 13.2. The van der Waals surface area contributed by atoms with Crippen LogP contribution >= 0.6 is 0 Å². The van der Waals surface area contributed by atoms with E-state index in [2.05, 4.69) is 13.8 Å². The van der Waals surface area contributed by atoms with Crippen LogP contribution in [0.3, 0.4) is 0 Å². The number of benzene rings is 1. The van der Waals surface area contributed by atoms with Crippen molar-refractivity contribution in [2.45, 2.75) is 41.0 Å². The lowest BCUT2D eigenvalue weighted by Gasteiger charge is -2.06. The van der Waals surface area contributed by atoms with E-state index in [-0.39, 0.29) is 5.82 Å². The fourth-order valence-corrected chi connectivity index (χ4v) is 1.26. The molecule has 1 rings (SSSR count). The third kappa shape index (κ3) is 4.40. The lowest BCUT2D eigenvalue weighted by molar-refractivity contribution is 0.573. The third-order valence-electron chi connectivity index (χ3n) is 1.84. The van der Waals surface area contributed by atoms with Gasteiger partial charge < -0.3 is 0 Å². The fraction of sp³-hybridized carbons (Fsp3) is 0.538. The molecule has 1 aromatic carbocycles. The Bertz CT molecular complexity index is 264. The van der Waals surface area contributed by atoms with Gasteiger partial charge in [0.2, 0.25) is 0 Å². The first-order valence-corrected chi connectivity index (χ1v) is 5.34. The second-order valence-corrected chi connectivity index (χ2v) is 3.69. The van der Waals surface area contributed by atoms with Crippen LogP contribution in [-0.4, -0.2) is 0 Å². The zero-order valence-electron chi connectivity index (χ0n) is 9.89. The highest BCUT2D eigenvalue weighted by atomic mass is 19.1. The summed E-state index contributed by atoms with van der Waals surface area (Å²) >= 11 is 0. The minimum atomic E-state index is -0.0660. The van der Waals surface area contributed by atoms with Gasteiger partial charge in [0.15, 0.2) is 0 Å². The molecule has 0 atom stereocenters. The van der Waals surface area contributed by atoms with Crippen molar-refractivity contribution in [1.29, 1.82) is 0 Å². The largest absolute Gasteiger partial charge is 0.207 e. The van der Waals surface area contributed by atoms with Crippen LogP contribution in [0.15, 0.2) is 18.2 Å². The molecule has 0 aliphatic heterocycles. The zero-order chi connectivity index (χ0) is 11.1. The molecule has 14 heavy (non-hydrogen) atoms. The molecule has 1 heteroatoms. The highest BCUT2D eigenvalue weighted by Gasteiger charge is 2.03. The van der Waals surface area contributed by atoms with E-state index >= 15 is 0 Å². The van der Waals surface area contributed by atoms with Gasteiger partial charge in [-0.1, -0.05) is 39.8 Å². The van der Waals surface area contributed by atoms with Crippen LogP contribution in [0.25, 0.3) is 0 Å². The van der Waals surface area contributed by atoms with Gasteiger partial charge in [0.25, 0.3) is 0 Å². The Balaban J connectivity index is 0.000000791. The summed E-state index contributed by atoms with van der Waals surface area (Å²) < 4.78 is 13.2. The van der Waals surface area contributed by atoms with E-state index in [0.717, 1.165) is 17.5 Å². The van der Waals surface area contributed by atoms with Crippen LogP contribution in [0.2, 0.25) is 0 Å². The molecule has 80 valence electrons. The van der Waals surface area contributed by atoms with Gasteiger partial charge in [-0.25, -0.2) is 4.39 Å². The maximum Gasteiger partial charge on any atom is 0.126 e. The summed E-state index contributed by atoms with van der Waals surface area (Å²) in [6.45, 7) is 10.1. The molecular weight excluding hydrogens is 175 g/mol. The van der Waals surface area contributed by atoms with Crippen molar-refractivity contribution in [1.82, 2.24) is 0 Å². The van der Waals surface area contributed by atoms with Gasteiger partial charge in [-0.3, -0.25) is 0 Å². The van der Waals surface area contributed by atoms with E-state index < -0.39 is 0 Å². The molecule has 0 bridgehead atoms. The normalized spacial score (nSPS) is 9.64. The molecule has 0 aliphatic rings. The van der Waals surface area contributed by atoms with Gasteiger partial charge >= 0.3 is 0 Å². The minimum absolute atomic E-state index is 0.0660. The summed E-state index contributed by atoms with van der Waals surface area (Å²) in [4.78, 5) is 0. The average Bonchev–Trinajstić information content (AvgIpc) is 2.13. The molecule has 0 aliphatic carbocycles. The number of aryl methyl sites for hydroxylation is 1. The van der Waals surface area contributed by atoms with Crippen LogP contribution in [0.4, 0.5) is 4.39 Å². The van der Waals surface area contributed by atoms with Gasteiger partial charge in [0.1, 0.15) is 5.82 Å². The molecule has 0 unspecified atom stereocenters. The molecule has 0 nitrogen and oxygen atoms in total. The first-order valence-electron chi connectivity index (χ1n) is 5.34. The third-order valence-corrected chi connectivity index (χ3v) is 1.84. The molecule has 0 saturated heterocycles. The Morgan fingerprint density at radius 3 is 2.21 bits per heavy atom. The lowest BCUT2D eigenvalue weighted by Crippen LogP contribution is -1.97. The molecule has 0 radical (unpaired) electrons. The molecule has 0 heterocycles. The maximum atomic E-state index is 13.2. The van der Waals surface area contributed by atoms with E-state index in [0.29, 0.717) is 5.92 Å². The van der Waals surface area contributed by atoms with E-state index in [1.807, 2.05) is 32.9 Å². The van der Waals surface area contributed by atoms with Gasteiger partial charge in [-0.15, -0.1) is 0 Å². The SMILES string of the molecule is CC.Cc1ccc(CC(C)C)c(F)c1. The molecule has 1 aromatic rings. The van der Waals surface area contributed by atoms with Crippen molar-refractivity contribution >= 4 is 0 Å². The van der Waals surface area contributed by atoms with Crippen LogP contribution in [0.5, 0.6) is 0 Å². The maximum absolute atomic E-state index is 13.2. The number of rotatable bonds is 2. The van der Waals surface area contributed by atoms with Gasteiger partial charge in [-0.05, 0) is 36.5 Å². The smallest absolute Gasteiger partial charge is 0.126 e. The van der Waals surface area contributed by atoms with Crippen molar-refractivity contribution in [3.8, 4) is 0 Å². The monoisotopic (exact) mass is 196 g/mol. The average molecular weight is 196 g/mol. The van der Waals surface area contributed by atoms with E-state index in [1.54, 1.807) is 6.07 Å². The van der Waals surface area contributed by atoms with Crippen LogP contribution in [0.1, 0.15) is 38.8 Å². The summed E-state index contributed by atoms with van der Waals surface area (Å²) in [5, 5.41) is 0. The Labute approximate surface area is 87.2 Å². The summed E-state index contributed by atoms with van der Waals surface area (Å²) in [6.07, 6.45) is 0.826. The van der Waals surface area contributed by atoms with Crippen molar-refractivity contribution < 1.29 is 4.39 Å². The van der Waals surface area contributed by atoms with E-state index in [9.17, 15) is 4.39 Å². The highest BCUT2D eigenvalue weighted by Crippen LogP contribution is 2.13. The number of hydrogen-bond acceptors (Lipinski definition) is 0. The second-order valence-electron chi connectivity index (χ2n) is 3.69. The van der Waals surface area contributed by atoms with Crippen LogP contribution in [-0.2, 0) is 6.42 Å². The lowest BCUT2D eigenvalue weighted by atomic mass is 10.0. The number of hydrogen-bond donors (Lipinski definition) is 0. The Morgan fingerprint density at radius 2 is 1.79 bits per heavy atom. The molecule has 0 spiro atoms. The van der Waals surface area contributed by atoms with Crippen molar-refractivity contribution in [2.75, 3.05) is 0 Å². The molecule has 0 amide bonds. The topological polar surface area (TPSA) is 0 Å². The van der Waals surface area contributed by atoms with E-state index in [1.165, 1.54) is 0 Å². The van der Waals surface area contributed by atoms with Crippen LogP contribution in [0, 0.1) is 18.7 Å². The predicted molar refractivity (Wildman–Crippen MR) is 61.0 cm³/mol. The summed E-state index contributed by atoms with van der Waals surface area (Å²) in [6, 6.07) is 5.43. The summed E-state index contributed by atoms with van der Waals surface area (Å²) in [7, 11) is 0. The standard InChI is InChI=1S/C11H15F.C2H6/c1-8(2)6-10-5-4-9(3)7-11(10)12;1-2/h4-5,7-8H,6H2,1-3H3;1-2H3. The van der Waals surface area contributed by atoms with E-state index in [4.69, 9.17) is 0 Å². The molecule has 0 N–H and O–H groups in total. The van der Waals surface area contributed by atoms with Crippen molar-refractivity contribution in [3.05, 3.63) is 35.1 Å². The fourth-order valence-electron chi connectivity index (χ4n) is 1.26. The summed E-state index contributed by atoms with van der Waals surface area (Å²) in [5.41, 5.74) is 1.82. The Morgan fingerprint density at radius 1 is 1.21 bits per heavy atom. The van der Waals surface area contributed by atoms with Gasteiger partial charge in [-0.2, -0.15) is 0 Å². The van der Waals surface area contributed by atoms with Crippen molar-refractivity contribution in [2.24, 2.45) is 5.92 Å². The molecular formula is C13H21F. The van der Waals surface area contributed by atoms with Crippen LogP contribution < -0.4 is 0 Å². The first-order chi connectivity index (χ1) is 6.59. The Hall–Kier alpha value is -0.850. The molecule has 0 aromatic heterocycles. The quantitative estimate of drug-likeness (QED) is 0.659. The molecule has 0 fully saturated rings. The Kier molecular flexibility index (Phi) is 6.18. The van der Waals surface area contributed by atoms with Crippen molar-refractivity contribution in [3.63, 3.8) is 0 Å². The van der Waals surface area contributed by atoms with Gasteiger partial charge in [0.05, 0.1) is 0 Å². The highest BCUT2D eigenvalue weighted by molar-refractivity contribution is 5.23. The van der Waals surface area contributed by atoms with Gasteiger partial charge in [0, 0.05) is 0 Å². The molecule has 0 saturated carbocycles. The summed E-state index contributed by atoms with van der Waals surface area (Å²) in [5.74, 6) is 0.450. The number of halogens is 1. The minimum Gasteiger partial charge on any atom is -0.207 e. The zero-order valence-corrected chi connectivity index (χ0v) is 9.89.